The average Bonchev–Trinajstić information content (AvgIpc) is 3.22. The van der Waals surface area contributed by atoms with Crippen molar-refractivity contribution < 1.29 is 36.4 Å². The molecule has 216 valence electrons. The Bertz CT molecular complexity index is 1360. The van der Waals surface area contributed by atoms with E-state index in [1.54, 1.807) is 25.1 Å². The van der Waals surface area contributed by atoms with Crippen molar-refractivity contribution in [2.75, 3.05) is 18.9 Å². The molecule has 3 rings (SSSR count). The van der Waals surface area contributed by atoms with Crippen LogP contribution in [0.5, 0.6) is 5.75 Å². The van der Waals surface area contributed by atoms with Crippen LogP contribution in [0, 0.1) is 18.3 Å². The molecule has 0 spiro atoms. The van der Waals surface area contributed by atoms with Gasteiger partial charge in [0.2, 0.25) is 0 Å². The van der Waals surface area contributed by atoms with E-state index in [1.807, 2.05) is 0 Å². The molecule has 6 N–H and O–H groups in total. The van der Waals surface area contributed by atoms with Crippen LogP contribution < -0.4 is 16.2 Å². The monoisotopic (exact) mass is 604 g/mol. The van der Waals surface area contributed by atoms with Gasteiger partial charge in [-0.15, -0.1) is 15.6 Å². The number of nitrogens with two attached hydrogens (primary N) is 2. The van der Waals surface area contributed by atoms with Gasteiger partial charge in [-0.1, -0.05) is 12.6 Å². The molecule has 1 fully saturated rings. The quantitative estimate of drug-likeness (QED) is 0.0683. The summed E-state index contributed by atoms with van der Waals surface area (Å²) >= 11 is 1.08. The number of nitrogen functional groups attached to an aromatic ring is 2. The topological polar surface area (TPSA) is 221 Å². The maximum atomic E-state index is 13.1. The van der Waals surface area contributed by atoms with E-state index in [2.05, 4.69) is 14.4 Å². The molecule has 39 heavy (non-hydrogen) atoms. The Balaban J connectivity index is 0.00000380. The van der Waals surface area contributed by atoms with Gasteiger partial charge in [-0.25, -0.2) is 4.98 Å². The molecular weight excluding hydrogens is 572 g/mol. The van der Waals surface area contributed by atoms with Crippen molar-refractivity contribution in [3.8, 4) is 5.75 Å². The van der Waals surface area contributed by atoms with Gasteiger partial charge in [0.25, 0.3) is 5.91 Å². The van der Waals surface area contributed by atoms with Gasteiger partial charge in [0.1, 0.15) is 23.9 Å². The van der Waals surface area contributed by atoms with E-state index >= 15 is 0 Å². The van der Waals surface area contributed by atoms with Crippen molar-refractivity contribution in [1.82, 2.24) is 10.0 Å². The van der Waals surface area contributed by atoms with Crippen molar-refractivity contribution in [2.24, 2.45) is 16.8 Å². The predicted molar refractivity (Wildman–Crippen MR) is 150 cm³/mol. The first-order valence-electron chi connectivity index (χ1n) is 10.7. The summed E-state index contributed by atoms with van der Waals surface area (Å²) in [6.07, 6.45) is -0.352. The molecule has 17 heteroatoms. The van der Waals surface area contributed by atoms with Gasteiger partial charge in [0, 0.05) is 17.4 Å². The van der Waals surface area contributed by atoms with Crippen molar-refractivity contribution in [3.05, 3.63) is 40.4 Å². The number of aromatic nitrogens is 1. The number of amidine groups is 1. The standard InChI is InChI=1S/C21H26N6O8S2.CH4.H2S/c1-11-8-12(4-5-13(11)18(22)23)33-6-7-34-26-17(15-10-36-20(24)25-15)16(28)9-14-19(29)27(21(14,2)3)35-37(30,31)32;;/h4-5,8,10,14H,6-7,9H2,1-3H3,(H3,22,23)(H2,24,25)(H,30,31,32);1H4;1H2/b26-17-;;. The first kappa shape index (κ1) is 33.8. The highest BCUT2D eigenvalue weighted by atomic mass is 32.3. The summed E-state index contributed by atoms with van der Waals surface area (Å²) in [7, 11) is -4.92. The van der Waals surface area contributed by atoms with E-state index in [4.69, 9.17) is 31.0 Å². The molecule has 0 aliphatic carbocycles. The van der Waals surface area contributed by atoms with Gasteiger partial charge in [0.15, 0.2) is 23.2 Å². The second-order valence-corrected chi connectivity index (χ2v) is 10.4. The van der Waals surface area contributed by atoms with E-state index in [-0.39, 0.29) is 62.9 Å². The van der Waals surface area contributed by atoms with Crippen LogP contribution in [-0.2, 0) is 29.1 Å². The maximum absolute atomic E-state index is 13.1. The number of nitrogens with one attached hydrogen (secondary N) is 1. The Hall–Kier alpha value is -3.25. The van der Waals surface area contributed by atoms with Crippen LogP contribution >= 0.6 is 24.8 Å². The Morgan fingerprint density at radius 2 is 2.00 bits per heavy atom. The summed E-state index contributed by atoms with van der Waals surface area (Å²) in [6, 6.07) is 5.05. The second-order valence-electron chi connectivity index (χ2n) is 8.55. The molecule has 1 aliphatic rings. The predicted octanol–water partition coefficient (Wildman–Crippen LogP) is 1.80. The van der Waals surface area contributed by atoms with E-state index in [0.717, 1.165) is 16.9 Å². The van der Waals surface area contributed by atoms with Crippen LogP contribution in [0.2, 0.25) is 0 Å². The number of amides is 1. The van der Waals surface area contributed by atoms with Crippen LogP contribution in [0.1, 0.15) is 44.5 Å². The largest absolute Gasteiger partial charge is 0.490 e. The minimum Gasteiger partial charge on any atom is -0.490 e. The molecule has 1 atom stereocenters. The van der Waals surface area contributed by atoms with Crippen LogP contribution in [0.3, 0.4) is 0 Å². The lowest BCUT2D eigenvalue weighted by atomic mass is 9.74. The molecule has 1 unspecified atom stereocenters. The fourth-order valence-electron chi connectivity index (χ4n) is 3.62. The summed E-state index contributed by atoms with van der Waals surface area (Å²) in [4.78, 5) is 34.8. The number of ether oxygens (including phenoxy) is 1. The van der Waals surface area contributed by atoms with Gasteiger partial charge in [-0.3, -0.25) is 19.6 Å². The number of carbonyl (C=O) groups is 2. The highest BCUT2D eigenvalue weighted by molar-refractivity contribution is 7.80. The number of hydrogen-bond donors (Lipinski definition) is 4. The molecule has 1 aromatic carbocycles. The van der Waals surface area contributed by atoms with E-state index in [1.165, 1.54) is 19.2 Å². The highest BCUT2D eigenvalue weighted by Gasteiger charge is 2.57. The summed E-state index contributed by atoms with van der Waals surface area (Å²) in [5.74, 6) is -1.87. The van der Waals surface area contributed by atoms with Gasteiger partial charge in [-0.2, -0.15) is 27.0 Å². The summed E-state index contributed by atoms with van der Waals surface area (Å²) in [5, 5.41) is 13.6. The third-order valence-corrected chi connectivity index (χ3v) is 6.56. The maximum Gasteiger partial charge on any atom is 0.418 e. The van der Waals surface area contributed by atoms with Crippen LogP contribution in [0.4, 0.5) is 5.13 Å². The minimum absolute atomic E-state index is 0. The van der Waals surface area contributed by atoms with Gasteiger partial charge in [0.05, 0.1) is 11.5 Å². The Kier molecular flexibility index (Phi) is 11.4. The fraction of sp³-hybridized carbons (Fsp3) is 0.409. The number of hydrogen-bond acceptors (Lipinski definition) is 12. The average molecular weight is 605 g/mol. The molecule has 2 aromatic rings. The van der Waals surface area contributed by atoms with Crippen LogP contribution in [-0.4, -0.2) is 65.0 Å². The van der Waals surface area contributed by atoms with Crippen molar-refractivity contribution >= 4 is 63.6 Å². The highest BCUT2D eigenvalue weighted by Crippen LogP contribution is 2.40. The summed E-state index contributed by atoms with van der Waals surface area (Å²) in [5.41, 5.74) is 11.3. The molecular formula is C22H32N6O8S3. The molecule has 1 aliphatic heterocycles. The number of rotatable bonds is 12. The number of nitrogens with zero attached hydrogens (tertiary/aromatic N) is 3. The van der Waals surface area contributed by atoms with Crippen LogP contribution in [0.15, 0.2) is 28.7 Å². The molecule has 0 bridgehead atoms. The Labute approximate surface area is 237 Å². The molecule has 0 saturated carbocycles. The zero-order chi connectivity index (χ0) is 27.5. The summed E-state index contributed by atoms with van der Waals surface area (Å²) < 4.78 is 40.8. The van der Waals surface area contributed by atoms with Crippen molar-refractivity contribution in [3.63, 3.8) is 0 Å². The lowest BCUT2D eigenvalue weighted by Gasteiger charge is -2.50. The molecule has 1 saturated heterocycles. The van der Waals surface area contributed by atoms with Gasteiger partial charge in [-0.05, 0) is 44.5 Å². The number of aryl methyl sites for hydroxylation is 1. The van der Waals surface area contributed by atoms with Crippen molar-refractivity contribution in [1.29, 1.82) is 5.41 Å². The Morgan fingerprint density at radius 3 is 2.51 bits per heavy atom. The number of Topliss-reactive ketones (excluding diaryl/α,β-unsaturated/α-hetero) is 1. The number of hydroxylamine groups is 2. The number of anilines is 1. The zero-order valence-corrected chi connectivity index (χ0v) is 23.3. The third-order valence-electron chi connectivity index (χ3n) is 5.55. The van der Waals surface area contributed by atoms with Crippen LogP contribution in [0.25, 0.3) is 0 Å². The molecule has 1 amide bonds. The molecule has 1 aromatic heterocycles. The normalized spacial score (nSPS) is 16.4. The van der Waals surface area contributed by atoms with E-state index < -0.39 is 33.5 Å². The van der Waals surface area contributed by atoms with E-state index in [9.17, 15) is 18.0 Å². The number of β-lactam (4-membered cyclic amide) rings is 1. The number of oxime groups is 1. The summed E-state index contributed by atoms with van der Waals surface area (Å²) in [6.45, 7) is 4.80. The first-order chi connectivity index (χ1) is 17.2. The minimum atomic E-state index is -4.92. The first-order valence-corrected chi connectivity index (χ1v) is 13.0. The molecule has 0 radical (unpaired) electrons. The number of carbonyl (C=O) groups excluding carboxylic acids is 2. The number of benzene rings is 1. The zero-order valence-electron chi connectivity index (χ0n) is 20.6. The number of ketones is 1. The van der Waals surface area contributed by atoms with E-state index in [0.29, 0.717) is 16.4 Å². The van der Waals surface area contributed by atoms with Gasteiger partial charge < -0.3 is 21.0 Å². The second kappa shape index (κ2) is 13.2. The SMILES string of the molecule is C.Cc1cc(OCCO/N=C(\C(=O)CC2C(=O)N(OS(=O)(=O)O)C2(C)C)c2csc(N)n2)ccc1C(=N)N.S. The molecule has 14 nitrogen and oxygen atoms in total. The molecule has 2 heterocycles. The third kappa shape index (κ3) is 8.12. The van der Waals surface area contributed by atoms with Gasteiger partial charge >= 0.3 is 10.4 Å². The smallest absolute Gasteiger partial charge is 0.418 e. The number of thiazole rings is 1. The van der Waals surface area contributed by atoms with Crippen molar-refractivity contribution in [2.45, 2.75) is 40.2 Å². The fourth-order valence-corrected chi connectivity index (χ4v) is 4.62. The lowest BCUT2D eigenvalue weighted by molar-refractivity contribution is -0.228. The Morgan fingerprint density at radius 1 is 1.33 bits per heavy atom. The lowest BCUT2D eigenvalue weighted by Crippen LogP contribution is -2.68.